The van der Waals surface area contributed by atoms with Gasteiger partial charge in [-0.15, -0.1) is 0 Å². The van der Waals surface area contributed by atoms with Crippen LogP contribution in [0.3, 0.4) is 0 Å². The smallest absolute Gasteiger partial charge is 0.290 e. The van der Waals surface area contributed by atoms with E-state index in [9.17, 15) is 14.4 Å². The Balaban J connectivity index is 1.43. The van der Waals surface area contributed by atoms with Gasteiger partial charge in [-0.2, -0.15) is 0 Å². The van der Waals surface area contributed by atoms with E-state index in [1.807, 2.05) is 31.2 Å². The van der Waals surface area contributed by atoms with Gasteiger partial charge in [-0.1, -0.05) is 36.4 Å². The van der Waals surface area contributed by atoms with Crippen molar-refractivity contribution in [2.75, 3.05) is 5.43 Å². The van der Waals surface area contributed by atoms with Gasteiger partial charge in [0.2, 0.25) is 5.95 Å². The molecule has 1 aliphatic heterocycles. The summed E-state index contributed by atoms with van der Waals surface area (Å²) in [6.45, 7) is 2.48. The van der Waals surface area contributed by atoms with Gasteiger partial charge in [-0.3, -0.25) is 29.8 Å². The van der Waals surface area contributed by atoms with E-state index in [-0.39, 0.29) is 29.7 Å². The number of rotatable bonds is 5. The molecule has 1 atom stereocenters. The van der Waals surface area contributed by atoms with Gasteiger partial charge in [0.15, 0.2) is 5.76 Å². The van der Waals surface area contributed by atoms with Crippen LogP contribution >= 0.6 is 0 Å². The number of anilines is 1. The highest BCUT2D eigenvalue weighted by atomic mass is 16.3. The number of nitrogens with one attached hydrogen (secondary N) is 2. The van der Waals surface area contributed by atoms with Crippen LogP contribution in [0.2, 0.25) is 0 Å². The molecule has 0 aliphatic carbocycles. The Hall–Kier alpha value is -4.40. The molecule has 0 saturated heterocycles. The number of carbonyl (C=O) groups excluding carboxylic acids is 2. The molecule has 0 bridgehead atoms. The van der Waals surface area contributed by atoms with E-state index in [2.05, 4.69) is 15.8 Å². The molecule has 2 amide bonds. The van der Waals surface area contributed by atoms with Crippen LogP contribution in [0.15, 0.2) is 76.1 Å². The summed E-state index contributed by atoms with van der Waals surface area (Å²) in [5.74, 6) is -0.394. The molecule has 0 spiro atoms. The fourth-order valence-electron chi connectivity index (χ4n) is 4.27. The minimum Gasteiger partial charge on any atom is -0.459 e. The molecule has 1 aliphatic rings. The molecular formula is C25H23N5O4. The predicted octanol–water partition coefficient (Wildman–Crippen LogP) is 2.72. The van der Waals surface area contributed by atoms with E-state index in [1.54, 1.807) is 36.4 Å². The number of hydrogen-bond donors (Lipinski definition) is 2. The number of amides is 2. The molecule has 1 unspecified atom stereocenters. The first-order chi connectivity index (χ1) is 16.6. The minimum absolute atomic E-state index is 0.168. The van der Waals surface area contributed by atoms with Crippen molar-refractivity contribution < 1.29 is 14.0 Å². The summed E-state index contributed by atoms with van der Waals surface area (Å²) in [6, 6.07) is 17.2. The summed E-state index contributed by atoms with van der Waals surface area (Å²) in [7, 11) is 0. The molecule has 5 rings (SSSR count). The van der Waals surface area contributed by atoms with Crippen molar-refractivity contribution in [2.45, 2.75) is 32.5 Å². The molecule has 2 N–H and O–H groups in total. The Morgan fingerprint density at radius 3 is 2.59 bits per heavy atom. The van der Waals surface area contributed by atoms with Gasteiger partial charge < -0.3 is 9.32 Å². The Morgan fingerprint density at radius 1 is 1.06 bits per heavy atom. The Bertz CT molecular complexity index is 1430. The molecule has 2 aromatic heterocycles. The summed E-state index contributed by atoms with van der Waals surface area (Å²) in [4.78, 5) is 45.3. The summed E-state index contributed by atoms with van der Waals surface area (Å²) >= 11 is 0. The van der Waals surface area contributed by atoms with Gasteiger partial charge in [-0.05, 0) is 42.3 Å². The number of para-hydroxylation sites is 1. The number of nitrogens with zero attached hydrogens (tertiary/aromatic N) is 3. The zero-order valence-corrected chi connectivity index (χ0v) is 18.5. The van der Waals surface area contributed by atoms with Crippen LogP contribution in [0.1, 0.15) is 28.6 Å². The molecule has 34 heavy (non-hydrogen) atoms. The first-order valence-electron chi connectivity index (χ1n) is 11.0. The van der Waals surface area contributed by atoms with Crippen molar-refractivity contribution in [1.82, 2.24) is 19.9 Å². The quantitative estimate of drug-likeness (QED) is 0.446. The monoisotopic (exact) mass is 457 g/mol. The molecule has 0 saturated carbocycles. The third kappa shape index (κ3) is 3.81. The van der Waals surface area contributed by atoms with Crippen molar-refractivity contribution in [3.63, 3.8) is 0 Å². The summed E-state index contributed by atoms with van der Waals surface area (Å²) < 4.78 is 6.74. The molecule has 2 aromatic carbocycles. The van der Waals surface area contributed by atoms with Gasteiger partial charge in [0, 0.05) is 19.5 Å². The van der Waals surface area contributed by atoms with Crippen LogP contribution in [0.4, 0.5) is 5.95 Å². The third-order valence-electron chi connectivity index (χ3n) is 6.02. The number of carbonyl (C=O) groups is 2. The highest BCUT2D eigenvalue weighted by Crippen LogP contribution is 2.25. The number of fused-ring (bicyclic) bond motifs is 2. The Kier molecular flexibility index (Phi) is 5.59. The SMILES string of the molecule is CCn1c(NNC(=O)C2Cc3ccccc3CN2C(=O)c2ccco2)nc2ccccc2c1=O. The summed E-state index contributed by atoms with van der Waals surface area (Å²) in [6.07, 6.45) is 1.78. The van der Waals surface area contributed by atoms with E-state index in [4.69, 9.17) is 4.42 Å². The lowest BCUT2D eigenvalue weighted by Crippen LogP contribution is -2.53. The van der Waals surface area contributed by atoms with Crippen LogP contribution in [0.25, 0.3) is 10.9 Å². The Labute approximate surface area is 195 Å². The van der Waals surface area contributed by atoms with E-state index < -0.39 is 11.9 Å². The normalized spacial score (nSPS) is 15.1. The molecule has 9 heteroatoms. The minimum atomic E-state index is -0.776. The maximum atomic E-state index is 13.3. The van der Waals surface area contributed by atoms with Crippen molar-refractivity contribution in [3.8, 4) is 0 Å². The maximum absolute atomic E-state index is 13.3. The average Bonchev–Trinajstić information content (AvgIpc) is 3.41. The number of benzene rings is 2. The molecule has 172 valence electrons. The first kappa shape index (κ1) is 21.4. The molecular weight excluding hydrogens is 434 g/mol. The van der Waals surface area contributed by atoms with Crippen molar-refractivity contribution in [1.29, 1.82) is 0 Å². The van der Waals surface area contributed by atoms with E-state index in [1.165, 1.54) is 15.7 Å². The van der Waals surface area contributed by atoms with Crippen molar-refractivity contribution in [2.24, 2.45) is 0 Å². The topological polar surface area (TPSA) is 109 Å². The zero-order valence-electron chi connectivity index (χ0n) is 18.5. The highest BCUT2D eigenvalue weighted by molar-refractivity contribution is 5.96. The Morgan fingerprint density at radius 2 is 1.82 bits per heavy atom. The van der Waals surface area contributed by atoms with Crippen LogP contribution in [-0.2, 0) is 24.3 Å². The van der Waals surface area contributed by atoms with E-state index >= 15 is 0 Å². The average molecular weight is 457 g/mol. The molecule has 9 nitrogen and oxygen atoms in total. The van der Waals surface area contributed by atoms with Crippen LogP contribution in [0, 0.1) is 0 Å². The summed E-state index contributed by atoms with van der Waals surface area (Å²) in [5.41, 5.74) is 7.77. The van der Waals surface area contributed by atoms with E-state index in [0.717, 1.165) is 11.1 Å². The number of furan rings is 1. The van der Waals surface area contributed by atoms with Gasteiger partial charge >= 0.3 is 0 Å². The third-order valence-corrected chi connectivity index (χ3v) is 6.02. The van der Waals surface area contributed by atoms with Crippen LogP contribution in [-0.4, -0.2) is 32.3 Å². The second-order valence-corrected chi connectivity index (χ2v) is 8.02. The maximum Gasteiger partial charge on any atom is 0.290 e. The fourth-order valence-corrected chi connectivity index (χ4v) is 4.27. The summed E-state index contributed by atoms with van der Waals surface area (Å²) in [5, 5.41) is 0.500. The number of hydrazine groups is 1. The van der Waals surface area contributed by atoms with Gasteiger partial charge in [0.25, 0.3) is 17.4 Å². The molecule has 0 radical (unpaired) electrons. The predicted molar refractivity (Wildman–Crippen MR) is 126 cm³/mol. The van der Waals surface area contributed by atoms with Gasteiger partial charge in [-0.25, -0.2) is 4.98 Å². The van der Waals surface area contributed by atoms with Gasteiger partial charge in [0.05, 0.1) is 17.2 Å². The van der Waals surface area contributed by atoms with Crippen molar-refractivity contribution in [3.05, 3.63) is 94.2 Å². The van der Waals surface area contributed by atoms with Gasteiger partial charge in [0.1, 0.15) is 6.04 Å². The molecule has 0 fully saturated rings. The lowest BCUT2D eigenvalue weighted by atomic mass is 9.93. The van der Waals surface area contributed by atoms with Crippen LogP contribution in [0.5, 0.6) is 0 Å². The van der Waals surface area contributed by atoms with E-state index in [0.29, 0.717) is 23.9 Å². The largest absolute Gasteiger partial charge is 0.459 e. The first-order valence-corrected chi connectivity index (χ1v) is 11.0. The van der Waals surface area contributed by atoms with Crippen molar-refractivity contribution >= 4 is 28.7 Å². The standard InChI is InChI=1S/C25H23N5O4/c1-2-29-23(32)18-10-5-6-11-19(18)26-25(29)28-27-22(31)20-14-16-8-3-4-9-17(16)15-30(20)24(33)21-12-7-13-34-21/h3-13,20H,2,14-15H2,1H3,(H,26,28)(H,27,31). The number of hydrogen-bond acceptors (Lipinski definition) is 6. The number of aromatic nitrogens is 2. The van der Waals surface area contributed by atoms with Crippen LogP contribution < -0.4 is 16.4 Å². The molecule has 3 heterocycles. The highest BCUT2D eigenvalue weighted by Gasteiger charge is 2.36. The zero-order chi connectivity index (χ0) is 23.7. The lowest BCUT2D eigenvalue weighted by molar-refractivity contribution is -0.125. The second-order valence-electron chi connectivity index (χ2n) is 8.02. The fraction of sp³-hybridized carbons (Fsp3) is 0.200. The molecule has 4 aromatic rings. The second kappa shape index (κ2) is 8.86. The lowest BCUT2D eigenvalue weighted by Gasteiger charge is -2.35.